The van der Waals surface area contributed by atoms with Gasteiger partial charge in [0.1, 0.15) is 0 Å². The number of nitrogens with zero attached hydrogens (tertiary/aromatic N) is 1. The molecule has 0 aliphatic heterocycles. The van der Waals surface area contributed by atoms with Crippen LogP contribution < -0.4 is 11.5 Å². The third-order valence-electron chi connectivity index (χ3n) is 3.03. The van der Waals surface area contributed by atoms with Gasteiger partial charge >= 0.3 is 5.69 Å². The number of amides is 2. The van der Waals surface area contributed by atoms with Gasteiger partial charge < -0.3 is 11.5 Å². The van der Waals surface area contributed by atoms with Crippen LogP contribution in [0.3, 0.4) is 0 Å². The van der Waals surface area contributed by atoms with Crippen molar-refractivity contribution in [3.8, 4) is 11.1 Å². The predicted octanol–water partition coefficient (Wildman–Crippen LogP) is 1.60. The number of para-hydroxylation sites is 1. The van der Waals surface area contributed by atoms with Crippen molar-refractivity contribution in [3.05, 3.63) is 63.5 Å². The molecule has 0 aliphatic rings. The first-order valence-corrected chi connectivity index (χ1v) is 6.00. The number of rotatable bonds is 4. The molecule has 0 saturated carbocycles. The van der Waals surface area contributed by atoms with E-state index in [2.05, 4.69) is 0 Å². The summed E-state index contributed by atoms with van der Waals surface area (Å²) in [5.41, 5.74) is 8.87. The average Bonchev–Trinajstić information content (AvgIpc) is 2.45. The minimum atomic E-state index is -1.10. The van der Waals surface area contributed by atoms with Crippen LogP contribution in [0, 0.1) is 15.9 Å². The molecule has 0 saturated heterocycles. The van der Waals surface area contributed by atoms with Crippen LogP contribution in [0.1, 0.15) is 20.7 Å². The Bertz CT molecular complexity index is 772. The molecule has 22 heavy (non-hydrogen) atoms. The van der Waals surface area contributed by atoms with Crippen LogP contribution in [-0.2, 0) is 0 Å². The molecule has 0 atom stereocenters. The maximum Gasteiger partial charge on any atom is 0.312 e. The molecule has 0 heterocycles. The van der Waals surface area contributed by atoms with Crippen molar-refractivity contribution in [2.24, 2.45) is 11.5 Å². The topological polar surface area (TPSA) is 129 Å². The van der Waals surface area contributed by atoms with Gasteiger partial charge in [-0.05, 0) is 24.3 Å². The Morgan fingerprint density at radius 2 is 1.50 bits per heavy atom. The van der Waals surface area contributed by atoms with Crippen molar-refractivity contribution in [3.63, 3.8) is 0 Å². The Morgan fingerprint density at radius 1 is 1.00 bits per heavy atom. The maximum absolute atomic E-state index is 13.8. The largest absolute Gasteiger partial charge is 0.366 e. The molecule has 2 amide bonds. The summed E-state index contributed by atoms with van der Waals surface area (Å²) >= 11 is 0. The van der Waals surface area contributed by atoms with E-state index in [1.165, 1.54) is 30.3 Å². The summed E-state index contributed by atoms with van der Waals surface area (Å²) in [5.74, 6) is -2.94. The highest BCUT2D eigenvalue weighted by Crippen LogP contribution is 2.36. The van der Waals surface area contributed by atoms with Gasteiger partial charge in [-0.25, -0.2) is 0 Å². The zero-order chi connectivity index (χ0) is 16.4. The Labute approximate surface area is 123 Å². The van der Waals surface area contributed by atoms with Crippen molar-refractivity contribution < 1.29 is 18.9 Å². The second-order valence-electron chi connectivity index (χ2n) is 4.35. The summed E-state index contributed by atoms with van der Waals surface area (Å²) in [6.45, 7) is 0. The molecule has 0 radical (unpaired) electrons. The number of carbonyl (C=O) groups excluding carboxylic acids is 2. The molecule has 7 nitrogen and oxygen atoms in total. The van der Waals surface area contributed by atoms with E-state index in [-0.39, 0.29) is 22.3 Å². The normalized spacial score (nSPS) is 10.2. The van der Waals surface area contributed by atoms with Gasteiger partial charge in [0.15, 0.2) is 0 Å². The fourth-order valence-electron chi connectivity index (χ4n) is 2.16. The Kier molecular flexibility index (Phi) is 3.85. The number of hydrogen-bond acceptors (Lipinski definition) is 4. The highest BCUT2D eigenvalue weighted by molar-refractivity contribution is 6.09. The molecule has 0 aromatic heterocycles. The van der Waals surface area contributed by atoms with E-state index in [0.29, 0.717) is 0 Å². The smallest absolute Gasteiger partial charge is 0.312 e. The number of primary amides is 2. The number of nitro groups is 1. The van der Waals surface area contributed by atoms with Gasteiger partial charge in [0.05, 0.1) is 10.5 Å². The molecule has 112 valence electrons. The summed E-state index contributed by atoms with van der Waals surface area (Å²) < 4.78 is 13.8. The van der Waals surface area contributed by atoms with Crippen LogP contribution in [-0.4, -0.2) is 16.7 Å². The second-order valence-corrected chi connectivity index (χ2v) is 4.35. The summed E-state index contributed by atoms with van der Waals surface area (Å²) in [4.78, 5) is 33.3. The summed E-state index contributed by atoms with van der Waals surface area (Å²) in [5, 5.41) is 11.1. The number of nitrogens with two attached hydrogens (primary N) is 2. The van der Waals surface area contributed by atoms with Crippen molar-refractivity contribution in [2.45, 2.75) is 0 Å². The summed E-state index contributed by atoms with van der Waals surface area (Å²) in [7, 11) is 0. The van der Waals surface area contributed by atoms with Crippen LogP contribution in [0.25, 0.3) is 11.1 Å². The Hall–Kier alpha value is -3.29. The highest BCUT2D eigenvalue weighted by atomic mass is 19.1. The Morgan fingerprint density at radius 3 is 1.95 bits per heavy atom. The van der Waals surface area contributed by atoms with Gasteiger partial charge in [-0.2, -0.15) is 4.39 Å². The van der Waals surface area contributed by atoms with Gasteiger partial charge in [0.25, 0.3) is 0 Å². The van der Waals surface area contributed by atoms with E-state index in [0.717, 1.165) is 6.07 Å². The Balaban J connectivity index is 2.94. The number of carbonyl (C=O) groups is 2. The fraction of sp³-hybridized carbons (Fsp3) is 0. The lowest BCUT2D eigenvalue weighted by molar-refractivity contribution is -0.386. The fourth-order valence-corrected chi connectivity index (χ4v) is 2.16. The highest BCUT2D eigenvalue weighted by Gasteiger charge is 2.27. The van der Waals surface area contributed by atoms with Crippen molar-refractivity contribution in [2.75, 3.05) is 0 Å². The molecule has 2 aromatic rings. The minimum absolute atomic E-state index is 0.159. The van der Waals surface area contributed by atoms with E-state index in [1.54, 1.807) is 0 Å². The number of halogens is 1. The lowest BCUT2D eigenvalue weighted by atomic mass is 9.92. The number of benzene rings is 2. The zero-order valence-electron chi connectivity index (χ0n) is 11.1. The third kappa shape index (κ3) is 2.49. The lowest BCUT2D eigenvalue weighted by Gasteiger charge is -2.12. The van der Waals surface area contributed by atoms with Crippen LogP contribution in [0.4, 0.5) is 10.1 Å². The lowest BCUT2D eigenvalue weighted by Crippen LogP contribution is -2.18. The van der Waals surface area contributed by atoms with E-state index < -0.39 is 28.2 Å². The van der Waals surface area contributed by atoms with Gasteiger partial charge in [-0.15, -0.1) is 0 Å². The quantitative estimate of drug-likeness (QED) is 0.656. The molecule has 0 aliphatic carbocycles. The van der Waals surface area contributed by atoms with Crippen LogP contribution in [0.2, 0.25) is 0 Å². The molecule has 0 spiro atoms. The van der Waals surface area contributed by atoms with Crippen LogP contribution in [0.15, 0.2) is 36.4 Å². The van der Waals surface area contributed by atoms with E-state index in [1.807, 2.05) is 0 Å². The van der Waals surface area contributed by atoms with Gasteiger partial charge in [-0.1, -0.05) is 12.1 Å². The monoisotopic (exact) mass is 303 g/mol. The van der Waals surface area contributed by atoms with Crippen molar-refractivity contribution in [1.82, 2.24) is 0 Å². The number of hydrogen-bond donors (Lipinski definition) is 2. The first-order chi connectivity index (χ1) is 10.3. The minimum Gasteiger partial charge on any atom is -0.366 e. The van der Waals surface area contributed by atoms with Crippen LogP contribution in [0.5, 0.6) is 0 Å². The molecule has 0 unspecified atom stereocenters. The molecular weight excluding hydrogens is 293 g/mol. The van der Waals surface area contributed by atoms with Gasteiger partial charge in [-0.3, -0.25) is 19.7 Å². The third-order valence-corrected chi connectivity index (χ3v) is 3.03. The molecule has 0 bridgehead atoms. The van der Waals surface area contributed by atoms with Crippen LogP contribution >= 0.6 is 0 Å². The molecule has 2 aromatic carbocycles. The standard InChI is InChI=1S/C14H10FN3O4/c15-10-6-2-3-7(12(10)18(21)22)11-8(13(16)19)4-1-5-9(11)14(17)20/h1-6H,(H2,16,19)(H2,17,20). The molecule has 2 rings (SSSR count). The second kappa shape index (κ2) is 5.60. The van der Waals surface area contributed by atoms with E-state index in [4.69, 9.17) is 11.5 Å². The first-order valence-electron chi connectivity index (χ1n) is 6.00. The molecule has 4 N–H and O–H groups in total. The van der Waals surface area contributed by atoms with Gasteiger partial charge in [0.2, 0.25) is 17.6 Å². The molecular formula is C14H10FN3O4. The van der Waals surface area contributed by atoms with Crippen molar-refractivity contribution in [1.29, 1.82) is 0 Å². The first kappa shape index (κ1) is 15.1. The van der Waals surface area contributed by atoms with E-state index in [9.17, 15) is 24.1 Å². The molecule has 0 fully saturated rings. The van der Waals surface area contributed by atoms with Crippen molar-refractivity contribution >= 4 is 17.5 Å². The maximum atomic E-state index is 13.8. The predicted molar refractivity (Wildman–Crippen MR) is 75.5 cm³/mol. The SMILES string of the molecule is NC(=O)c1cccc(C(N)=O)c1-c1cccc(F)c1[N+](=O)[O-]. The molecule has 8 heteroatoms. The van der Waals surface area contributed by atoms with Gasteiger partial charge in [0, 0.05) is 16.7 Å². The summed E-state index contributed by atoms with van der Waals surface area (Å²) in [6, 6.07) is 7.25. The summed E-state index contributed by atoms with van der Waals surface area (Å²) in [6.07, 6.45) is 0. The average molecular weight is 303 g/mol. The van der Waals surface area contributed by atoms with E-state index >= 15 is 0 Å². The zero-order valence-corrected chi connectivity index (χ0v) is 11.1. The number of nitro benzene ring substituents is 1.